The van der Waals surface area contributed by atoms with Crippen LogP contribution in [0.5, 0.6) is 0 Å². The Bertz CT molecular complexity index is 331. The molecule has 4 heteroatoms. The zero-order valence-electron chi connectivity index (χ0n) is 12.0. The van der Waals surface area contributed by atoms with Gasteiger partial charge in [-0.05, 0) is 26.2 Å². The fraction of sp³-hybridized carbons (Fsp3) is 0.933. The Morgan fingerprint density at radius 1 is 1.32 bits per heavy atom. The van der Waals surface area contributed by atoms with Gasteiger partial charge in [0, 0.05) is 19.6 Å². The third-order valence-electron chi connectivity index (χ3n) is 5.14. The first kappa shape index (κ1) is 13.4. The van der Waals surface area contributed by atoms with Crippen LogP contribution in [0.2, 0.25) is 0 Å². The maximum absolute atomic E-state index is 12.8. The van der Waals surface area contributed by atoms with Crippen molar-refractivity contribution < 1.29 is 9.53 Å². The molecule has 1 amide bonds. The molecule has 2 saturated heterocycles. The van der Waals surface area contributed by atoms with Crippen LogP contribution in [0.25, 0.3) is 0 Å². The van der Waals surface area contributed by atoms with Crippen molar-refractivity contribution in [1.29, 1.82) is 0 Å². The topological polar surface area (TPSA) is 41.6 Å². The minimum atomic E-state index is 0.104. The highest BCUT2D eigenvalue weighted by Gasteiger charge is 2.44. The molecule has 4 nitrogen and oxygen atoms in total. The summed E-state index contributed by atoms with van der Waals surface area (Å²) in [5.41, 5.74) is 0.111. The van der Waals surface area contributed by atoms with Crippen LogP contribution in [0.4, 0.5) is 0 Å². The number of nitrogens with one attached hydrogen (secondary N) is 1. The third-order valence-corrected chi connectivity index (χ3v) is 5.14. The van der Waals surface area contributed by atoms with E-state index in [4.69, 9.17) is 4.74 Å². The summed E-state index contributed by atoms with van der Waals surface area (Å²) in [5, 5.41) is 3.50. The van der Waals surface area contributed by atoms with Gasteiger partial charge in [-0.25, -0.2) is 0 Å². The molecule has 1 saturated carbocycles. The summed E-state index contributed by atoms with van der Waals surface area (Å²) >= 11 is 0. The molecule has 19 heavy (non-hydrogen) atoms. The van der Waals surface area contributed by atoms with Crippen LogP contribution in [0.3, 0.4) is 0 Å². The Morgan fingerprint density at radius 2 is 2.11 bits per heavy atom. The first-order valence-electron chi connectivity index (χ1n) is 7.85. The van der Waals surface area contributed by atoms with Crippen LogP contribution in [-0.2, 0) is 9.53 Å². The van der Waals surface area contributed by atoms with Crippen LogP contribution < -0.4 is 5.32 Å². The number of nitrogens with zero attached hydrogens (tertiary/aromatic N) is 1. The molecule has 1 aliphatic carbocycles. The third kappa shape index (κ3) is 2.52. The van der Waals surface area contributed by atoms with Crippen LogP contribution >= 0.6 is 0 Å². The number of amides is 1. The van der Waals surface area contributed by atoms with Gasteiger partial charge in [-0.15, -0.1) is 0 Å². The van der Waals surface area contributed by atoms with E-state index in [2.05, 4.69) is 17.1 Å². The molecule has 0 radical (unpaired) electrons. The van der Waals surface area contributed by atoms with E-state index in [9.17, 15) is 4.79 Å². The standard InChI is InChI=1S/C15H26N2O2/c1-12-9-13(10-19-12)14(18)17-8-7-16-11-15(17)5-3-2-4-6-15/h12-13,16H,2-11H2,1H3. The van der Waals surface area contributed by atoms with Crippen molar-refractivity contribution in [3.8, 4) is 0 Å². The molecular formula is C15H26N2O2. The number of carbonyl (C=O) groups excluding carboxylic acids is 1. The Morgan fingerprint density at radius 3 is 2.79 bits per heavy atom. The van der Waals surface area contributed by atoms with Gasteiger partial charge in [0.05, 0.1) is 24.2 Å². The highest BCUT2D eigenvalue weighted by molar-refractivity contribution is 5.80. The minimum Gasteiger partial charge on any atom is -0.378 e. The highest BCUT2D eigenvalue weighted by Crippen LogP contribution is 2.36. The van der Waals surface area contributed by atoms with Crippen LogP contribution in [-0.4, -0.2) is 48.7 Å². The molecule has 2 aliphatic heterocycles. The van der Waals surface area contributed by atoms with Crippen molar-refractivity contribution in [2.45, 2.75) is 57.1 Å². The highest BCUT2D eigenvalue weighted by atomic mass is 16.5. The smallest absolute Gasteiger partial charge is 0.228 e. The second-order valence-electron chi connectivity index (χ2n) is 6.53. The van der Waals surface area contributed by atoms with Gasteiger partial charge < -0.3 is 15.0 Å². The second-order valence-corrected chi connectivity index (χ2v) is 6.53. The van der Waals surface area contributed by atoms with E-state index in [0.29, 0.717) is 12.5 Å². The lowest BCUT2D eigenvalue weighted by Crippen LogP contribution is -2.64. The molecule has 1 N–H and O–H groups in total. The molecule has 108 valence electrons. The molecule has 0 bridgehead atoms. The van der Waals surface area contributed by atoms with Crippen molar-refractivity contribution in [1.82, 2.24) is 10.2 Å². The maximum Gasteiger partial charge on any atom is 0.228 e. The molecule has 3 rings (SSSR count). The van der Waals surface area contributed by atoms with Crippen LogP contribution in [0, 0.1) is 5.92 Å². The Balaban J connectivity index is 1.74. The lowest BCUT2D eigenvalue weighted by atomic mass is 9.78. The zero-order chi connectivity index (χ0) is 13.3. The van der Waals surface area contributed by atoms with E-state index in [1.54, 1.807) is 0 Å². The van der Waals surface area contributed by atoms with Crippen molar-refractivity contribution in [2.24, 2.45) is 5.92 Å². The molecule has 0 aromatic carbocycles. The largest absolute Gasteiger partial charge is 0.378 e. The number of piperazine rings is 1. The lowest BCUT2D eigenvalue weighted by Gasteiger charge is -2.50. The molecule has 3 aliphatic rings. The van der Waals surface area contributed by atoms with E-state index in [-0.39, 0.29) is 17.6 Å². The van der Waals surface area contributed by atoms with E-state index < -0.39 is 0 Å². The molecule has 2 atom stereocenters. The summed E-state index contributed by atoms with van der Waals surface area (Å²) in [7, 11) is 0. The van der Waals surface area contributed by atoms with Crippen molar-refractivity contribution in [3.63, 3.8) is 0 Å². The van der Waals surface area contributed by atoms with Gasteiger partial charge in [0.2, 0.25) is 5.91 Å². The molecule has 0 aromatic heterocycles. The lowest BCUT2D eigenvalue weighted by molar-refractivity contribution is -0.145. The van der Waals surface area contributed by atoms with E-state index in [1.165, 1.54) is 32.1 Å². The fourth-order valence-electron chi connectivity index (χ4n) is 4.05. The number of carbonyl (C=O) groups is 1. The summed E-state index contributed by atoms with van der Waals surface area (Å²) in [4.78, 5) is 15.1. The van der Waals surface area contributed by atoms with E-state index in [0.717, 1.165) is 26.1 Å². The first-order valence-corrected chi connectivity index (χ1v) is 7.85. The average molecular weight is 266 g/mol. The molecule has 0 aromatic rings. The van der Waals surface area contributed by atoms with Crippen molar-refractivity contribution in [3.05, 3.63) is 0 Å². The molecule has 3 fully saturated rings. The number of ether oxygens (including phenoxy) is 1. The van der Waals surface area contributed by atoms with Gasteiger partial charge in [0.15, 0.2) is 0 Å². The van der Waals surface area contributed by atoms with Gasteiger partial charge in [0.1, 0.15) is 0 Å². The minimum absolute atomic E-state index is 0.104. The molecule has 2 unspecified atom stereocenters. The van der Waals surface area contributed by atoms with Crippen LogP contribution in [0.1, 0.15) is 45.4 Å². The zero-order valence-corrected chi connectivity index (χ0v) is 12.0. The fourth-order valence-corrected chi connectivity index (χ4v) is 4.05. The summed E-state index contributed by atoms with van der Waals surface area (Å²) < 4.78 is 5.59. The quantitative estimate of drug-likeness (QED) is 0.783. The Hall–Kier alpha value is -0.610. The Labute approximate surface area is 115 Å². The molecule has 2 heterocycles. The summed E-state index contributed by atoms with van der Waals surface area (Å²) in [6.07, 6.45) is 7.36. The van der Waals surface area contributed by atoms with Gasteiger partial charge >= 0.3 is 0 Å². The van der Waals surface area contributed by atoms with Gasteiger partial charge in [-0.3, -0.25) is 4.79 Å². The number of hydrogen-bond donors (Lipinski definition) is 1. The predicted molar refractivity (Wildman–Crippen MR) is 73.9 cm³/mol. The SMILES string of the molecule is CC1CC(C(=O)N2CCNCC23CCCCC3)CO1. The molecular weight excluding hydrogens is 240 g/mol. The normalized spacial score (nSPS) is 34.7. The number of rotatable bonds is 1. The summed E-state index contributed by atoms with van der Waals surface area (Å²) in [6, 6.07) is 0. The van der Waals surface area contributed by atoms with Gasteiger partial charge in [-0.2, -0.15) is 0 Å². The van der Waals surface area contributed by atoms with Gasteiger partial charge in [-0.1, -0.05) is 19.3 Å². The van der Waals surface area contributed by atoms with Gasteiger partial charge in [0.25, 0.3) is 0 Å². The predicted octanol–water partition coefficient (Wildman–Crippen LogP) is 1.55. The number of hydrogen-bond acceptors (Lipinski definition) is 3. The van der Waals surface area contributed by atoms with Crippen molar-refractivity contribution in [2.75, 3.05) is 26.2 Å². The monoisotopic (exact) mass is 266 g/mol. The van der Waals surface area contributed by atoms with Crippen molar-refractivity contribution >= 4 is 5.91 Å². The molecule has 1 spiro atoms. The van der Waals surface area contributed by atoms with E-state index in [1.807, 2.05) is 0 Å². The summed E-state index contributed by atoms with van der Waals surface area (Å²) in [6.45, 7) is 5.50. The average Bonchev–Trinajstić information content (AvgIpc) is 2.86. The first-order chi connectivity index (χ1) is 9.21. The maximum atomic E-state index is 12.8. The Kier molecular flexibility index (Phi) is 3.81. The summed E-state index contributed by atoms with van der Waals surface area (Å²) in [5.74, 6) is 0.458. The van der Waals surface area contributed by atoms with Crippen LogP contribution in [0.15, 0.2) is 0 Å². The van der Waals surface area contributed by atoms with E-state index >= 15 is 0 Å². The second kappa shape index (κ2) is 5.41.